The highest BCUT2D eigenvalue weighted by Crippen LogP contribution is 2.21. The fourth-order valence-corrected chi connectivity index (χ4v) is 3.88. The van der Waals surface area contributed by atoms with Crippen LogP contribution in [-0.4, -0.2) is 58.4 Å². The van der Waals surface area contributed by atoms with E-state index in [1.54, 1.807) is 11.4 Å². The van der Waals surface area contributed by atoms with Gasteiger partial charge < -0.3 is 10.1 Å². The maximum Gasteiger partial charge on any atom is 0.214 e. The van der Waals surface area contributed by atoms with Crippen molar-refractivity contribution in [1.29, 1.82) is 0 Å². The van der Waals surface area contributed by atoms with Gasteiger partial charge in [0.25, 0.3) is 0 Å². The van der Waals surface area contributed by atoms with Crippen LogP contribution in [0.25, 0.3) is 0 Å². The number of hydrogen-bond acceptors (Lipinski definition) is 4. The molecule has 1 heterocycles. The van der Waals surface area contributed by atoms with Gasteiger partial charge in [0.1, 0.15) is 0 Å². The molecule has 0 aromatic rings. The molecular formula is C10H22N2O3S. The van der Waals surface area contributed by atoms with Crippen molar-refractivity contribution in [2.75, 3.05) is 39.6 Å². The van der Waals surface area contributed by atoms with E-state index in [0.29, 0.717) is 19.6 Å². The van der Waals surface area contributed by atoms with Crippen LogP contribution in [0.3, 0.4) is 0 Å². The Hall–Kier alpha value is -0.170. The Balaban J connectivity index is 2.53. The molecule has 0 saturated carbocycles. The van der Waals surface area contributed by atoms with E-state index in [-0.39, 0.29) is 11.8 Å². The Labute approximate surface area is 98.2 Å². The molecule has 1 aliphatic heterocycles. The van der Waals surface area contributed by atoms with Gasteiger partial charge in [-0.05, 0) is 26.3 Å². The van der Waals surface area contributed by atoms with Crippen molar-refractivity contribution in [3.8, 4) is 0 Å². The van der Waals surface area contributed by atoms with E-state index < -0.39 is 10.0 Å². The van der Waals surface area contributed by atoms with Crippen LogP contribution in [0.5, 0.6) is 0 Å². The van der Waals surface area contributed by atoms with Gasteiger partial charge in [-0.2, -0.15) is 4.31 Å². The molecule has 16 heavy (non-hydrogen) atoms. The summed E-state index contributed by atoms with van der Waals surface area (Å²) in [6.07, 6.45) is 2.50. The van der Waals surface area contributed by atoms with Gasteiger partial charge in [0.2, 0.25) is 10.0 Å². The summed E-state index contributed by atoms with van der Waals surface area (Å²) in [5.41, 5.74) is 0. The molecule has 1 aliphatic rings. The van der Waals surface area contributed by atoms with Gasteiger partial charge in [-0.15, -0.1) is 0 Å². The minimum Gasteiger partial charge on any atom is -0.385 e. The Morgan fingerprint density at radius 2 is 2.25 bits per heavy atom. The fraction of sp³-hybridized carbons (Fsp3) is 1.00. The zero-order valence-electron chi connectivity index (χ0n) is 10.1. The Kier molecular flexibility index (Phi) is 5.68. The minimum atomic E-state index is -3.09. The summed E-state index contributed by atoms with van der Waals surface area (Å²) in [6, 6.07) is 0.137. The van der Waals surface area contributed by atoms with Gasteiger partial charge in [-0.25, -0.2) is 8.42 Å². The van der Waals surface area contributed by atoms with E-state index in [9.17, 15) is 8.42 Å². The number of hydrogen-bond donors (Lipinski definition) is 1. The molecule has 0 bridgehead atoms. The molecule has 1 fully saturated rings. The van der Waals surface area contributed by atoms with E-state index in [4.69, 9.17) is 4.74 Å². The Bertz CT molecular complexity index is 292. The summed E-state index contributed by atoms with van der Waals surface area (Å²) in [6.45, 7) is 1.91. The van der Waals surface area contributed by atoms with Gasteiger partial charge >= 0.3 is 0 Å². The number of nitrogens with one attached hydrogen (secondary N) is 1. The maximum atomic E-state index is 12.0. The average Bonchev–Trinajstić information content (AvgIpc) is 2.67. The molecule has 1 saturated heterocycles. The quantitative estimate of drug-likeness (QED) is 0.648. The highest BCUT2D eigenvalue weighted by atomic mass is 32.2. The van der Waals surface area contributed by atoms with Crippen molar-refractivity contribution in [2.45, 2.75) is 25.3 Å². The van der Waals surface area contributed by atoms with Crippen LogP contribution in [0.4, 0.5) is 0 Å². The molecule has 1 rings (SSSR count). The molecule has 1 unspecified atom stereocenters. The summed E-state index contributed by atoms with van der Waals surface area (Å²) < 4.78 is 30.6. The third-order valence-electron chi connectivity index (χ3n) is 2.87. The molecule has 96 valence electrons. The molecular weight excluding hydrogens is 228 g/mol. The van der Waals surface area contributed by atoms with Gasteiger partial charge in [0, 0.05) is 32.8 Å². The molecule has 0 aromatic heterocycles. The van der Waals surface area contributed by atoms with E-state index in [1.807, 2.05) is 7.05 Å². The first-order valence-corrected chi connectivity index (χ1v) is 7.36. The molecule has 1 atom stereocenters. The first-order chi connectivity index (χ1) is 7.61. The largest absolute Gasteiger partial charge is 0.385 e. The normalized spacial score (nSPS) is 22.8. The Morgan fingerprint density at radius 1 is 1.50 bits per heavy atom. The lowest BCUT2D eigenvalue weighted by atomic mass is 10.2. The monoisotopic (exact) mass is 250 g/mol. The topological polar surface area (TPSA) is 58.6 Å². The second-order valence-corrected chi connectivity index (χ2v) is 6.17. The lowest BCUT2D eigenvalue weighted by Gasteiger charge is -2.23. The molecule has 0 aliphatic carbocycles. The number of sulfonamides is 1. The van der Waals surface area contributed by atoms with E-state index >= 15 is 0 Å². The van der Waals surface area contributed by atoms with Crippen molar-refractivity contribution >= 4 is 10.0 Å². The molecule has 5 nitrogen and oxygen atoms in total. The van der Waals surface area contributed by atoms with E-state index in [0.717, 1.165) is 19.4 Å². The molecule has 0 spiro atoms. The highest BCUT2D eigenvalue weighted by Gasteiger charge is 2.32. The van der Waals surface area contributed by atoms with Gasteiger partial charge in [0.05, 0.1) is 5.75 Å². The number of likely N-dealkylation sites (N-methyl/N-ethyl adjacent to an activating group) is 1. The third kappa shape index (κ3) is 3.69. The first-order valence-electron chi connectivity index (χ1n) is 5.75. The standard InChI is InChI=1S/C10H22N2O3S/c1-11-9-10-5-3-6-12(10)16(13,14)8-4-7-15-2/h10-11H,3-9H2,1-2H3. The smallest absolute Gasteiger partial charge is 0.214 e. The molecule has 1 N–H and O–H groups in total. The second-order valence-electron chi connectivity index (χ2n) is 4.13. The van der Waals surface area contributed by atoms with Gasteiger partial charge in [-0.1, -0.05) is 0 Å². The summed E-state index contributed by atoms with van der Waals surface area (Å²) in [5.74, 6) is 0.195. The number of methoxy groups -OCH3 is 1. The summed E-state index contributed by atoms with van der Waals surface area (Å²) >= 11 is 0. The number of rotatable bonds is 7. The van der Waals surface area contributed by atoms with Crippen molar-refractivity contribution < 1.29 is 13.2 Å². The lowest BCUT2D eigenvalue weighted by Crippen LogP contribution is -2.42. The second kappa shape index (κ2) is 6.54. The fourth-order valence-electron chi connectivity index (χ4n) is 2.12. The van der Waals surface area contributed by atoms with Crippen molar-refractivity contribution in [1.82, 2.24) is 9.62 Å². The molecule has 0 radical (unpaired) electrons. The zero-order chi connectivity index (χ0) is 12.0. The van der Waals surface area contributed by atoms with Crippen molar-refractivity contribution in [3.05, 3.63) is 0 Å². The molecule has 0 aromatic carbocycles. The van der Waals surface area contributed by atoms with Crippen LogP contribution in [-0.2, 0) is 14.8 Å². The summed E-state index contributed by atoms with van der Waals surface area (Å²) in [7, 11) is 0.354. The van der Waals surface area contributed by atoms with E-state index in [1.165, 1.54) is 0 Å². The van der Waals surface area contributed by atoms with Crippen LogP contribution in [0.2, 0.25) is 0 Å². The number of nitrogens with zero attached hydrogens (tertiary/aromatic N) is 1. The minimum absolute atomic E-state index is 0.137. The summed E-state index contributed by atoms with van der Waals surface area (Å²) in [4.78, 5) is 0. The summed E-state index contributed by atoms with van der Waals surface area (Å²) in [5, 5.41) is 3.05. The highest BCUT2D eigenvalue weighted by molar-refractivity contribution is 7.89. The van der Waals surface area contributed by atoms with Gasteiger partial charge in [0.15, 0.2) is 0 Å². The lowest BCUT2D eigenvalue weighted by molar-refractivity contribution is 0.199. The van der Waals surface area contributed by atoms with Crippen molar-refractivity contribution in [3.63, 3.8) is 0 Å². The van der Waals surface area contributed by atoms with Crippen LogP contribution in [0.1, 0.15) is 19.3 Å². The van der Waals surface area contributed by atoms with E-state index in [2.05, 4.69) is 5.32 Å². The molecule has 0 amide bonds. The average molecular weight is 250 g/mol. The first kappa shape index (κ1) is 13.9. The van der Waals surface area contributed by atoms with Crippen LogP contribution < -0.4 is 5.32 Å². The number of ether oxygens (including phenoxy) is 1. The van der Waals surface area contributed by atoms with Crippen LogP contribution in [0, 0.1) is 0 Å². The van der Waals surface area contributed by atoms with Crippen LogP contribution >= 0.6 is 0 Å². The predicted molar refractivity (Wildman–Crippen MR) is 63.9 cm³/mol. The third-order valence-corrected chi connectivity index (χ3v) is 4.87. The maximum absolute atomic E-state index is 12.0. The Morgan fingerprint density at radius 3 is 2.88 bits per heavy atom. The van der Waals surface area contributed by atoms with Crippen LogP contribution in [0.15, 0.2) is 0 Å². The zero-order valence-corrected chi connectivity index (χ0v) is 10.9. The van der Waals surface area contributed by atoms with Crippen molar-refractivity contribution in [2.24, 2.45) is 0 Å². The predicted octanol–water partition coefficient (Wildman–Crippen LogP) is 0.0365. The van der Waals surface area contributed by atoms with Gasteiger partial charge in [-0.3, -0.25) is 0 Å². The molecule has 6 heteroatoms. The SMILES string of the molecule is CNCC1CCCN1S(=O)(=O)CCCOC.